The molecule has 2 aromatic rings. The van der Waals surface area contributed by atoms with Gasteiger partial charge in [-0.25, -0.2) is 9.67 Å². The number of hydrogen-bond acceptors (Lipinski definition) is 8. The van der Waals surface area contributed by atoms with Crippen molar-refractivity contribution in [3.8, 4) is 0 Å². The normalized spacial score (nSPS) is 17.5. The van der Waals surface area contributed by atoms with Gasteiger partial charge in [-0.2, -0.15) is 0 Å². The average Bonchev–Trinajstić information content (AvgIpc) is 3.27. The van der Waals surface area contributed by atoms with Crippen molar-refractivity contribution in [2.24, 2.45) is 13.0 Å². The maximum absolute atomic E-state index is 12.4. The summed E-state index contributed by atoms with van der Waals surface area (Å²) in [6.07, 6.45) is 3.68. The quantitative estimate of drug-likeness (QED) is 0.745. The van der Waals surface area contributed by atoms with E-state index in [1.807, 2.05) is 5.38 Å². The van der Waals surface area contributed by atoms with Gasteiger partial charge >= 0.3 is 0 Å². The number of anilines is 1. The Kier molecular flexibility index (Phi) is 5.97. The van der Waals surface area contributed by atoms with E-state index in [2.05, 4.69) is 25.8 Å². The Balaban J connectivity index is 1.46. The number of tetrazole rings is 1. The first-order chi connectivity index (χ1) is 12.1. The molecule has 134 valence electrons. The lowest BCUT2D eigenvalue weighted by atomic mass is 9.97. The van der Waals surface area contributed by atoms with E-state index in [0.29, 0.717) is 35.6 Å². The lowest BCUT2D eigenvalue weighted by molar-refractivity contribution is -0.134. The first-order valence-corrected chi connectivity index (χ1v) is 9.83. The van der Waals surface area contributed by atoms with Crippen molar-refractivity contribution in [1.29, 1.82) is 0 Å². The van der Waals surface area contributed by atoms with Crippen LogP contribution in [0, 0.1) is 5.92 Å². The molecule has 0 aliphatic carbocycles. The number of hydrogen-bond donors (Lipinski definition) is 1. The van der Waals surface area contributed by atoms with Crippen LogP contribution < -0.4 is 5.32 Å². The zero-order valence-electron chi connectivity index (χ0n) is 13.8. The summed E-state index contributed by atoms with van der Waals surface area (Å²) in [7, 11) is 1.76. The number of carbonyl (C=O) groups is 2. The van der Waals surface area contributed by atoms with Crippen LogP contribution in [-0.2, 0) is 16.6 Å². The Morgan fingerprint density at radius 1 is 1.48 bits per heavy atom. The molecule has 1 fully saturated rings. The molecule has 2 aromatic heterocycles. The molecule has 1 atom stereocenters. The molecule has 3 heterocycles. The fraction of sp³-hybridized carbons (Fsp3) is 0.571. The summed E-state index contributed by atoms with van der Waals surface area (Å²) >= 11 is 2.84. The number of rotatable bonds is 6. The van der Waals surface area contributed by atoms with Crippen LogP contribution in [0.15, 0.2) is 16.7 Å². The van der Waals surface area contributed by atoms with Crippen molar-refractivity contribution < 1.29 is 9.59 Å². The highest BCUT2D eigenvalue weighted by Gasteiger charge is 2.28. The zero-order chi connectivity index (χ0) is 17.6. The molecule has 1 aliphatic rings. The van der Waals surface area contributed by atoms with Crippen LogP contribution >= 0.6 is 23.1 Å². The molecule has 9 nitrogen and oxygen atoms in total. The maximum atomic E-state index is 12.4. The Morgan fingerprint density at radius 2 is 2.36 bits per heavy atom. The Labute approximate surface area is 153 Å². The minimum absolute atomic E-state index is 0.0630. The van der Waals surface area contributed by atoms with E-state index in [1.54, 1.807) is 22.8 Å². The van der Waals surface area contributed by atoms with Crippen LogP contribution in [0.3, 0.4) is 0 Å². The van der Waals surface area contributed by atoms with Crippen LogP contribution in [0.25, 0.3) is 0 Å². The number of thioether (sulfide) groups is 1. The molecule has 0 bridgehead atoms. The number of carbonyl (C=O) groups excluding carboxylic acids is 2. The highest BCUT2D eigenvalue weighted by molar-refractivity contribution is 7.99. The molecule has 1 unspecified atom stereocenters. The second-order valence-electron chi connectivity index (χ2n) is 5.69. The van der Waals surface area contributed by atoms with Crippen LogP contribution in [0.4, 0.5) is 5.13 Å². The second-order valence-corrected chi connectivity index (χ2v) is 7.65. The number of thiazole rings is 1. The number of likely N-dealkylation sites (tertiary alicyclic amines) is 1. The molecule has 3 rings (SSSR count). The topological polar surface area (TPSA) is 106 Å². The van der Waals surface area contributed by atoms with E-state index in [4.69, 9.17) is 0 Å². The number of amides is 2. The molecular formula is C14H19N7O2S2. The number of aromatic nitrogens is 5. The third kappa shape index (κ3) is 4.75. The van der Waals surface area contributed by atoms with Crippen LogP contribution in [0.1, 0.15) is 19.3 Å². The van der Waals surface area contributed by atoms with Crippen molar-refractivity contribution in [3.05, 3.63) is 11.6 Å². The average molecular weight is 381 g/mol. The fourth-order valence-corrected chi connectivity index (χ4v) is 3.95. The number of piperidine rings is 1. The SMILES string of the molecule is Cn1nnnc1SCCC(=O)N1CCCC(C(=O)Nc2nccs2)C1. The maximum Gasteiger partial charge on any atom is 0.231 e. The van der Waals surface area contributed by atoms with Gasteiger partial charge in [-0.05, 0) is 23.3 Å². The summed E-state index contributed by atoms with van der Waals surface area (Å²) in [5.41, 5.74) is 0. The number of nitrogens with zero attached hydrogens (tertiary/aromatic N) is 6. The Hall–Kier alpha value is -2.01. The summed E-state index contributed by atoms with van der Waals surface area (Å²) in [4.78, 5) is 30.6. The van der Waals surface area contributed by atoms with E-state index in [0.717, 1.165) is 12.8 Å². The summed E-state index contributed by atoms with van der Waals surface area (Å²) in [5, 5.41) is 17.1. The van der Waals surface area contributed by atoms with Gasteiger partial charge in [0.15, 0.2) is 5.13 Å². The van der Waals surface area contributed by atoms with E-state index in [1.165, 1.54) is 23.1 Å². The molecule has 1 saturated heterocycles. The molecule has 0 aromatic carbocycles. The Morgan fingerprint density at radius 3 is 3.08 bits per heavy atom. The second kappa shape index (κ2) is 8.39. The fourth-order valence-electron chi connectivity index (χ4n) is 2.64. The first-order valence-electron chi connectivity index (χ1n) is 7.97. The van der Waals surface area contributed by atoms with Gasteiger partial charge in [0.25, 0.3) is 0 Å². The van der Waals surface area contributed by atoms with Crippen molar-refractivity contribution in [2.75, 3.05) is 24.2 Å². The van der Waals surface area contributed by atoms with Crippen LogP contribution in [0.5, 0.6) is 0 Å². The molecule has 25 heavy (non-hydrogen) atoms. The monoisotopic (exact) mass is 381 g/mol. The highest BCUT2D eigenvalue weighted by Crippen LogP contribution is 2.21. The Bertz CT molecular complexity index is 719. The largest absolute Gasteiger partial charge is 0.342 e. The van der Waals surface area contributed by atoms with Gasteiger partial charge in [0, 0.05) is 43.9 Å². The molecule has 2 amide bonds. The molecule has 1 aliphatic heterocycles. The predicted molar refractivity (Wildman–Crippen MR) is 94.2 cm³/mol. The molecular weight excluding hydrogens is 362 g/mol. The molecule has 0 spiro atoms. The molecule has 0 saturated carbocycles. The van der Waals surface area contributed by atoms with Crippen molar-refractivity contribution in [2.45, 2.75) is 24.4 Å². The smallest absolute Gasteiger partial charge is 0.231 e. The molecule has 11 heteroatoms. The van der Waals surface area contributed by atoms with Crippen molar-refractivity contribution in [1.82, 2.24) is 30.1 Å². The number of aryl methyl sites for hydroxylation is 1. The lowest BCUT2D eigenvalue weighted by Gasteiger charge is -2.32. The van der Waals surface area contributed by atoms with E-state index in [9.17, 15) is 9.59 Å². The van der Waals surface area contributed by atoms with Gasteiger partial charge in [-0.15, -0.1) is 16.4 Å². The minimum Gasteiger partial charge on any atom is -0.342 e. The van der Waals surface area contributed by atoms with Crippen molar-refractivity contribution in [3.63, 3.8) is 0 Å². The molecule has 0 radical (unpaired) electrons. The summed E-state index contributed by atoms with van der Waals surface area (Å²) in [6, 6.07) is 0. The van der Waals surface area contributed by atoms with Gasteiger partial charge in [0.05, 0.1) is 5.92 Å². The van der Waals surface area contributed by atoms with Gasteiger partial charge in [0.2, 0.25) is 17.0 Å². The number of nitrogens with one attached hydrogen (secondary N) is 1. The van der Waals surface area contributed by atoms with Crippen molar-refractivity contribution >= 4 is 40.0 Å². The third-order valence-electron chi connectivity index (χ3n) is 3.94. The van der Waals surface area contributed by atoms with Crippen LogP contribution in [-0.4, -0.2) is 60.7 Å². The minimum atomic E-state index is -0.183. The summed E-state index contributed by atoms with van der Waals surface area (Å²) < 4.78 is 1.58. The lowest BCUT2D eigenvalue weighted by Crippen LogP contribution is -2.43. The first kappa shape index (κ1) is 17.8. The third-order valence-corrected chi connectivity index (χ3v) is 5.64. The van der Waals surface area contributed by atoms with E-state index >= 15 is 0 Å². The standard InChI is InChI=1S/C14H19N7O2S2/c1-20-14(17-18-19-20)25-7-4-11(22)21-6-2-3-10(9-21)12(23)16-13-15-5-8-24-13/h5,8,10H,2-4,6-7,9H2,1H3,(H,15,16,23). The predicted octanol–water partition coefficient (Wildman–Crippen LogP) is 1.03. The van der Waals surface area contributed by atoms with Gasteiger partial charge < -0.3 is 10.2 Å². The van der Waals surface area contributed by atoms with E-state index in [-0.39, 0.29) is 17.7 Å². The molecule has 1 N–H and O–H groups in total. The van der Waals surface area contributed by atoms with Crippen LogP contribution in [0.2, 0.25) is 0 Å². The van der Waals surface area contributed by atoms with Gasteiger partial charge in [-0.1, -0.05) is 11.8 Å². The summed E-state index contributed by atoms with van der Waals surface area (Å²) in [5.74, 6) is 0.429. The van der Waals surface area contributed by atoms with Gasteiger partial charge in [-0.3, -0.25) is 9.59 Å². The van der Waals surface area contributed by atoms with Gasteiger partial charge in [0.1, 0.15) is 0 Å². The highest BCUT2D eigenvalue weighted by atomic mass is 32.2. The zero-order valence-corrected chi connectivity index (χ0v) is 15.4. The summed E-state index contributed by atoms with van der Waals surface area (Å²) in [6.45, 7) is 1.17. The van der Waals surface area contributed by atoms with E-state index < -0.39 is 0 Å².